The largest absolute Gasteiger partial charge is 0.395 e. The molecule has 0 aromatic rings. The predicted octanol–water partition coefficient (Wildman–Crippen LogP) is 0.0926. The Hall–Kier alpha value is -0.210. The molecule has 2 fully saturated rings. The molecule has 0 aromatic heterocycles. The molecule has 0 amide bonds. The van der Waals surface area contributed by atoms with Gasteiger partial charge in [-0.2, -0.15) is 17.4 Å². The molecule has 2 aliphatic heterocycles. The first kappa shape index (κ1) is 15.2. The molecule has 3 unspecified atom stereocenters. The van der Waals surface area contributed by atoms with E-state index in [2.05, 4.69) is 4.72 Å². The molecule has 7 heteroatoms. The Morgan fingerprint density at radius 3 is 2.84 bits per heavy atom. The number of aliphatic hydroxyl groups is 1. The fourth-order valence-electron chi connectivity index (χ4n) is 2.82. The Bertz CT molecular complexity index is 381. The molecule has 2 heterocycles. The number of piperidine rings is 1. The van der Waals surface area contributed by atoms with Gasteiger partial charge in [0.1, 0.15) is 0 Å². The fourth-order valence-corrected chi connectivity index (χ4v) is 4.55. The van der Waals surface area contributed by atoms with Gasteiger partial charge in [-0.25, -0.2) is 0 Å². The molecule has 2 aliphatic rings. The average Bonchev–Trinajstić information content (AvgIpc) is 2.92. The van der Waals surface area contributed by atoms with Crippen LogP contribution in [-0.2, 0) is 14.9 Å². The first-order valence-electron chi connectivity index (χ1n) is 7.02. The number of nitrogens with one attached hydrogen (secondary N) is 1. The molecule has 0 spiro atoms. The van der Waals surface area contributed by atoms with Crippen molar-refractivity contribution in [2.75, 3.05) is 26.4 Å². The summed E-state index contributed by atoms with van der Waals surface area (Å²) in [6.45, 7) is 3.60. The molecule has 0 bridgehead atoms. The van der Waals surface area contributed by atoms with Crippen LogP contribution in [0.2, 0.25) is 0 Å². The summed E-state index contributed by atoms with van der Waals surface area (Å²) in [6, 6.07) is -0.410. The number of hydrogen-bond donors (Lipinski definition) is 2. The van der Waals surface area contributed by atoms with Gasteiger partial charge < -0.3 is 9.84 Å². The minimum absolute atomic E-state index is 0.109. The van der Waals surface area contributed by atoms with Crippen molar-refractivity contribution < 1.29 is 18.3 Å². The van der Waals surface area contributed by atoms with Crippen LogP contribution >= 0.6 is 0 Å². The van der Waals surface area contributed by atoms with E-state index < -0.39 is 10.2 Å². The van der Waals surface area contributed by atoms with E-state index in [-0.39, 0.29) is 24.6 Å². The topological polar surface area (TPSA) is 78.9 Å². The summed E-state index contributed by atoms with van der Waals surface area (Å²) in [6.07, 6.45) is 3.47. The van der Waals surface area contributed by atoms with Gasteiger partial charge in [-0.05, 0) is 26.2 Å². The highest BCUT2D eigenvalue weighted by Crippen LogP contribution is 2.22. The van der Waals surface area contributed by atoms with Gasteiger partial charge in [-0.15, -0.1) is 0 Å². The molecule has 2 rings (SSSR count). The zero-order chi connectivity index (χ0) is 13.9. The highest BCUT2D eigenvalue weighted by molar-refractivity contribution is 7.87. The van der Waals surface area contributed by atoms with Gasteiger partial charge in [0, 0.05) is 31.2 Å². The van der Waals surface area contributed by atoms with E-state index in [4.69, 9.17) is 4.74 Å². The van der Waals surface area contributed by atoms with Gasteiger partial charge in [0.2, 0.25) is 0 Å². The molecular formula is C12H24N2O4S. The van der Waals surface area contributed by atoms with Crippen LogP contribution in [0.3, 0.4) is 0 Å². The molecular weight excluding hydrogens is 268 g/mol. The molecule has 0 saturated carbocycles. The SMILES string of the molecule is CC(NS(=O)(=O)N1CCCCC1CO)C1CCOC1. The van der Waals surface area contributed by atoms with Crippen LogP contribution in [-0.4, -0.2) is 56.3 Å². The Balaban J connectivity index is 1.99. The molecule has 2 saturated heterocycles. The minimum Gasteiger partial charge on any atom is -0.395 e. The van der Waals surface area contributed by atoms with Gasteiger partial charge in [-0.1, -0.05) is 6.42 Å². The van der Waals surface area contributed by atoms with Crippen LogP contribution in [0.25, 0.3) is 0 Å². The number of nitrogens with zero attached hydrogens (tertiary/aromatic N) is 1. The molecule has 0 aromatic carbocycles. The van der Waals surface area contributed by atoms with E-state index in [0.717, 1.165) is 25.7 Å². The van der Waals surface area contributed by atoms with Crippen molar-refractivity contribution in [1.82, 2.24) is 9.03 Å². The highest BCUT2D eigenvalue weighted by Gasteiger charge is 2.34. The van der Waals surface area contributed by atoms with E-state index in [0.29, 0.717) is 19.8 Å². The van der Waals surface area contributed by atoms with Crippen molar-refractivity contribution in [1.29, 1.82) is 0 Å². The lowest BCUT2D eigenvalue weighted by molar-refractivity contribution is 0.152. The first-order chi connectivity index (χ1) is 9.04. The fraction of sp³-hybridized carbons (Fsp3) is 1.00. The van der Waals surface area contributed by atoms with Crippen LogP contribution in [0.4, 0.5) is 0 Å². The Labute approximate surface area is 115 Å². The van der Waals surface area contributed by atoms with Gasteiger partial charge in [-0.3, -0.25) is 0 Å². The lowest BCUT2D eigenvalue weighted by Gasteiger charge is -2.34. The maximum Gasteiger partial charge on any atom is 0.280 e. The maximum absolute atomic E-state index is 12.4. The lowest BCUT2D eigenvalue weighted by atomic mass is 10.0. The van der Waals surface area contributed by atoms with Crippen LogP contribution in [0.1, 0.15) is 32.6 Å². The second-order valence-electron chi connectivity index (χ2n) is 5.48. The number of ether oxygens (including phenoxy) is 1. The van der Waals surface area contributed by atoms with Crippen molar-refractivity contribution in [3.8, 4) is 0 Å². The molecule has 0 radical (unpaired) electrons. The predicted molar refractivity (Wildman–Crippen MR) is 71.9 cm³/mol. The van der Waals surface area contributed by atoms with E-state index in [9.17, 15) is 13.5 Å². The van der Waals surface area contributed by atoms with E-state index in [1.165, 1.54) is 4.31 Å². The standard InChI is InChI=1S/C12H24N2O4S/c1-10(11-5-7-18-9-11)13-19(16,17)14-6-3-2-4-12(14)8-15/h10-13,15H,2-9H2,1H3. The van der Waals surface area contributed by atoms with Crippen molar-refractivity contribution >= 4 is 10.2 Å². The van der Waals surface area contributed by atoms with Crippen molar-refractivity contribution in [3.05, 3.63) is 0 Å². The quantitative estimate of drug-likeness (QED) is 0.753. The van der Waals surface area contributed by atoms with Crippen LogP contribution in [0, 0.1) is 5.92 Å². The zero-order valence-electron chi connectivity index (χ0n) is 11.4. The zero-order valence-corrected chi connectivity index (χ0v) is 12.2. The van der Waals surface area contributed by atoms with Gasteiger partial charge in [0.15, 0.2) is 0 Å². The normalized spacial score (nSPS) is 31.5. The molecule has 2 N–H and O–H groups in total. The Kier molecular flexibility index (Phi) is 5.19. The average molecular weight is 292 g/mol. The summed E-state index contributed by atoms with van der Waals surface area (Å²) in [4.78, 5) is 0. The van der Waals surface area contributed by atoms with E-state index >= 15 is 0 Å². The summed E-state index contributed by atoms with van der Waals surface area (Å²) in [5.74, 6) is 0.243. The number of aliphatic hydroxyl groups excluding tert-OH is 1. The molecule has 6 nitrogen and oxygen atoms in total. The smallest absolute Gasteiger partial charge is 0.280 e. The number of rotatable bonds is 5. The van der Waals surface area contributed by atoms with Crippen molar-refractivity contribution in [2.45, 2.75) is 44.7 Å². The van der Waals surface area contributed by atoms with Crippen LogP contribution in [0.5, 0.6) is 0 Å². The first-order valence-corrected chi connectivity index (χ1v) is 8.46. The van der Waals surface area contributed by atoms with Crippen LogP contribution < -0.4 is 4.72 Å². The maximum atomic E-state index is 12.4. The summed E-state index contributed by atoms with van der Waals surface area (Å²) < 4.78 is 34.2. The second kappa shape index (κ2) is 6.49. The molecule has 0 aliphatic carbocycles. The molecule has 19 heavy (non-hydrogen) atoms. The van der Waals surface area contributed by atoms with E-state index in [1.807, 2.05) is 6.92 Å². The summed E-state index contributed by atoms with van der Waals surface area (Å²) in [5.41, 5.74) is 0. The second-order valence-corrected chi connectivity index (χ2v) is 7.13. The Morgan fingerprint density at radius 2 is 2.21 bits per heavy atom. The summed E-state index contributed by atoms with van der Waals surface area (Å²) in [5, 5.41) is 9.32. The van der Waals surface area contributed by atoms with Gasteiger partial charge in [0.05, 0.1) is 13.2 Å². The third-order valence-electron chi connectivity index (χ3n) is 4.10. The van der Waals surface area contributed by atoms with Gasteiger partial charge >= 0.3 is 0 Å². The van der Waals surface area contributed by atoms with Crippen molar-refractivity contribution in [3.63, 3.8) is 0 Å². The monoisotopic (exact) mass is 292 g/mol. The van der Waals surface area contributed by atoms with Crippen LogP contribution in [0.15, 0.2) is 0 Å². The third-order valence-corrected chi connectivity index (χ3v) is 5.87. The Morgan fingerprint density at radius 1 is 1.42 bits per heavy atom. The summed E-state index contributed by atoms with van der Waals surface area (Å²) in [7, 11) is -3.51. The third kappa shape index (κ3) is 3.66. The number of hydrogen-bond acceptors (Lipinski definition) is 4. The molecule has 3 atom stereocenters. The minimum atomic E-state index is -3.51. The van der Waals surface area contributed by atoms with Crippen molar-refractivity contribution in [2.24, 2.45) is 5.92 Å². The van der Waals surface area contributed by atoms with Gasteiger partial charge in [0.25, 0.3) is 10.2 Å². The van der Waals surface area contributed by atoms with E-state index in [1.54, 1.807) is 0 Å². The highest BCUT2D eigenvalue weighted by atomic mass is 32.2. The summed E-state index contributed by atoms with van der Waals surface area (Å²) >= 11 is 0. The lowest BCUT2D eigenvalue weighted by Crippen LogP contribution is -2.53. The molecule has 112 valence electrons.